The number of pyridine rings is 1. The molecule has 0 aliphatic heterocycles. The van der Waals surface area contributed by atoms with E-state index in [0.29, 0.717) is 28.9 Å². The summed E-state index contributed by atoms with van der Waals surface area (Å²) < 4.78 is 31.4. The van der Waals surface area contributed by atoms with Crippen LogP contribution in [0.2, 0.25) is 0 Å². The minimum absolute atomic E-state index is 0.0113. The van der Waals surface area contributed by atoms with Crippen LogP contribution in [-0.2, 0) is 34.3 Å². The second-order valence-electron chi connectivity index (χ2n) is 14.4. The molecule has 5 aromatic rings. The third kappa shape index (κ3) is 9.84. The Kier molecular flexibility index (Phi) is 13.2. The van der Waals surface area contributed by atoms with E-state index in [0.717, 1.165) is 15.5 Å². The Morgan fingerprint density at radius 1 is 0.982 bits per heavy atom. The summed E-state index contributed by atoms with van der Waals surface area (Å²) in [5.41, 5.74) is 8.40. The Hall–Kier alpha value is -5.38. The van der Waals surface area contributed by atoms with E-state index in [1.165, 1.54) is 39.3 Å². The highest BCUT2D eigenvalue weighted by molar-refractivity contribution is 7.89. The predicted octanol–water partition coefficient (Wildman–Crippen LogP) is 4.82. The first-order valence-electron chi connectivity index (χ1n) is 18.3. The van der Waals surface area contributed by atoms with Crippen molar-refractivity contribution in [2.75, 3.05) is 18.8 Å². The van der Waals surface area contributed by atoms with E-state index in [2.05, 4.69) is 15.5 Å². The van der Waals surface area contributed by atoms with Gasteiger partial charge >= 0.3 is 5.69 Å². The van der Waals surface area contributed by atoms with Gasteiger partial charge in [-0.15, -0.1) is 0 Å². The van der Waals surface area contributed by atoms with Crippen LogP contribution in [0.5, 0.6) is 5.88 Å². The molecule has 15 heteroatoms. The first-order valence-corrected chi connectivity index (χ1v) is 19.7. The van der Waals surface area contributed by atoms with Crippen LogP contribution < -0.4 is 16.7 Å². The summed E-state index contributed by atoms with van der Waals surface area (Å²) in [6.07, 6.45) is 0.513. The van der Waals surface area contributed by atoms with Gasteiger partial charge in [-0.1, -0.05) is 87.8 Å². The molecule has 0 saturated heterocycles. The van der Waals surface area contributed by atoms with Crippen molar-refractivity contribution >= 4 is 32.5 Å². The fraction of sp³-hybridized carbons (Fsp3) is 0.375. The number of hydrogen-bond acceptors (Lipinski definition) is 10. The fourth-order valence-corrected chi connectivity index (χ4v) is 8.20. The lowest BCUT2D eigenvalue weighted by Crippen LogP contribution is -2.53. The van der Waals surface area contributed by atoms with Crippen LogP contribution in [-0.4, -0.2) is 68.2 Å². The van der Waals surface area contributed by atoms with Crippen LogP contribution in [0.25, 0.3) is 10.9 Å². The highest BCUT2D eigenvalue weighted by Crippen LogP contribution is 2.25. The number of rotatable bonds is 18. The van der Waals surface area contributed by atoms with Crippen molar-refractivity contribution in [2.45, 2.75) is 76.7 Å². The molecule has 0 unspecified atom stereocenters. The molecule has 3 aromatic carbocycles. The standard InChI is InChI=1S/C40H49N7O7S/c1-5-27(4)38(47-25-37(49)46(40(47)51)23-32-15-13-30-20-31(41)14-18-34(30)43-32)39(50)44-35(19-28-9-7-6-8-10-28)36(48)24-45(22-26(2)3)55(53,54)33-16-11-29(12-17-33)21-42-52/h6-18,20,25-27,35-36,38,48-49H,5,19,21-24,41H2,1-4H3,(H,44,50)/t27-,35-,36+,38-/m0/s1. The van der Waals surface area contributed by atoms with Gasteiger partial charge in [0.05, 0.1) is 41.0 Å². The summed E-state index contributed by atoms with van der Waals surface area (Å²) in [6, 6.07) is 21.8. The van der Waals surface area contributed by atoms with E-state index in [1.807, 2.05) is 64.1 Å². The topological polar surface area (TPSA) is 202 Å². The molecule has 0 aliphatic carbocycles. The molecule has 0 bridgehead atoms. The number of nitroso groups, excluding NO2 is 1. The van der Waals surface area contributed by atoms with Crippen LogP contribution in [0.4, 0.5) is 5.69 Å². The van der Waals surface area contributed by atoms with Crippen molar-refractivity contribution in [2.24, 2.45) is 17.0 Å². The van der Waals surface area contributed by atoms with Crippen LogP contribution in [0.1, 0.15) is 57.0 Å². The van der Waals surface area contributed by atoms with Crippen molar-refractivity contribution in [3.8, 4) is 5.88 Å². The van der Waals surface area contributed by atoms with Gasteiger partial charge in [0.15, 0.2) is 0 Å². The maximum atomic E-state index is 14.4. The fourth-order valence-electron chi connectivity index (χ4n) is 6.58. The monoisotopic (exact) mass is 771 g/mol. The number of aliphatic hydroxyl groups is 1. The Morgan fingerprint density at radius 3 is 2.35 bits per heavy atom. The molecule has 0 aliphatic rings. The van der Waals surface area contributed by atoms with Gasteiger partial charge in [-0.2, -0.15) is 9.21 Å². The number of hydrogen-bond donors (Lipinski definition) is 4. The number of benzene rings is 3. The SMILES string of the molecule is CC[C@H](C)[C@@H](C(=O)N[C@@H](Cc1ccccc1)[C@H](O)CN(CC(C)C)S(=O)(=O)c1ccc(CN=O)cc1)n1cc(O)n(Cc2ccc3cc(N)ccc3n2)c1=O. The predicted molar refractivity (Wildman–Crippen MR) is 212 cm³/mol. The van der Waals surface area contributed by atoms with E-state index in [-0.39, 0.29) is 55.2 Å². The average Bonchev–Trinajstić information content (AvgIpc) is 3.42. The Balaban J connectivity index is 1.44. The summed E-state index contributed by atoms with van der Waals surface area (Å²) in [4.78, 5) is 43.6. The lowest BCUT2D eigenvalue weighted by molar-refractivity contribution is -0.127. The van der Waals surface area contributed by atoms with Crippen LogP contribution in [0.15, 0.2) is 106 Å². The number of fused-ring (bicyclic) bond motifs is 1. The average molecular weight is 772 g/mol. The second-order valence-corrected chi connectivity index (χ2v) is 16.3. The zero-order valence-electron chi connectivity index (χ0n) is 31.4. The van der Waals surface area contributed by atoms with Crippen molar-refractivity contribution in [3.63, 3.8) is 0 Å². The molecular weight excluding hydrogens is 723 g/mol. The maximum absolute atomic E-state index is 14.4. The van der Waals surface area contributed by atoms with Gasteiger partial charge in [0.2, 0.25) is 21.8 Å². The van der Waals surface area contributed by atoms with Crippen molar-refractivity contribution in [1.29, 1.82) is 0 Å². The molecule has 0 radical (unpaired) electrons. The molecule has 5 N–H and O–H groups in total. The molecule has 5 rings (SSSR count). The lowest BCUT2D eigenvalue weighted by Gasteiger charge is -2.32. The smallest absolute Gasteiger partial charge is 0.332 e. The summed E-state index contributed by atoms with van der Waals surface area (Å²) in [5.74, 6) is -1.42. The van der Waals surface area contributed by atoms with E-state index in [9.17, 15) is 33.1 Å². The number of anilines is 1. The third-order valence-corrected chi connectivity index (χ3v) is 11.5. The Morgan fingerprint density at radius 2 is 1.69 bits per heavy atom. The molecule has 0 saturated carbocycles. The number of aliphatic hydroxyl groups excluding tert-OH is 1. The van der Waals surface area contributed by atoms with Gasteiger partial charge in [0.1, 0.15) is 12.6 Å². The number of aromatic hydroxyl groups is 1. The van der Waals surface area contributed by atoms with Crippen molar-refractivity contribution < 1.29 is 23.4 Å². The molecule has 2 heterocycles. The highest BCUT2D eigenvalue weighted by atomic mass is 32.2. The summed E-state index contributed by atoms with van der Waals surface area (Å²) in [6.45, 7) is 7.01. The number of nitrogens with zero attached hydrogens (tertiary/aromatic N) is 5. The number of aromatic nitrogens is 3. The number of sulfonamides is 1. The van der Waals surface area contributed by atoms with Crippen LogP contribution >= 0.6 is 0 Å². The first-order chi connectivity index (χ1) is 26.2. The molecule has 0 spiro atoms. The number of carbonyl (C=O) groups excluding carboxylic acids is 1. The van der Waals surface area contributed by atoms with Gasteiger partial charge in [-0.25, -0.2) is 13.2 Å². The number of amides is 1. The van der Waals surface area contributed by atoms with Gasteiger partial charge < -0.3 is 21.3 Å². The first kappa shape index (κ1) is 40.8. The molecule has 0 fully saturated rings. The number of nitrogens with two attached hydrogens (primary N) is 1. The second kappa shape index (κ2) is 17.8. The maximum Gasteiger partial charge on any atom is 0.332 e. The largest absolute Gasteiger partial charge is 0.493 e. The molecule has 2 aromatic heterocycles. The van der Waals surface area contributed by atoms with Crippen LogP contribution in [0.3, 0.4) is 0 Å². The van der Waals surface area contributed by atoms with E-state index < -0.39 is 39.8 Å². The molecule has 14 nitrogen and oxygen atoms in total. The normalized spacial score (nSPS) is 14.2. The lowest BCUT2D eigenvalue weighted by atomic mass is 9.96. The van der Waals surface area contributed by atoms with E-state index >= 15 is 0 Å². The van der Waals surface area contributed by atoms with Crippen LogP contribution in [0, 0.1) is 16.7 Å². The van der Waals surface area contributed by atoms with E-state index in [4.69, 9.17) is 5.73 Å². The molecule has 4 atom stereocenters. The number of nitrogens with one attached hydrogen (secondary N) is 1. The van der Waals surface area contributed by atoms with Crippen molar-refractivity contribution in [1.82, 2.24) is 23.7 Å². The number of imidazole rings is 1. The molecular formula is C40H49N7O7S. The molecule has 55 heavy (non-hydrogen) atoms. The van der Waals surface area contributed by atoms with Gasteiger partial charge in [-0.05, 0) is 65.8 Å². The highest BCUT2D eigenvalue weighted by Gasteiger charge is 2.35. The van der Waals surface area contributed by atoms with E-state index in [1.54, 1.807) is 24.3 Å². The summed E-state index contributed by atoms with van der Waals surface area (Å²) in [5, 5.41) is 29.5. The molecule has 1 amide bonds. The van der Waals surface area contributed by atoms with Gasteiger partial charge in [0.25, 0.3) is 0 Å². The number of carbonyl (C=O) groups is 1. The Bertz CT molecular complexity index is 2260. The Labute approximate surface area is 320 Å². The third-order valence-electron chi connectivity index (χ3n) is 9.68. The quantitative estimate of drug-likeness (QED) is 0.0712. The zero-order valence-corrected chi connectivity index (χ0v) is 32.3. The van der Waals surface area contributed by atoms with Crippen molar-refractivity contribution in [3.05, 3.63) is 123 Å². The minimum Gasteiger partial charge on any atom is -0.493 e. The minimum atomic E-state index is -4.12. The number of nitrogen functional groups attached to an aromatic ring is 1. The molecule has 292 valence electrons. The summed E-state index contributed by atoms with van der Waals surface area (Å²) in [7, 11) is -4.12. The summed E-state index contributed by atoms with van der Waals surface area (Å²) >= 11 is 0. The zero-order chi connectivity index (χ0) is 39.9. The van der Waals surface area contributed by atoms with Gasteiger partial charge in [-0.3, -0.25) is 18.9 Å². The van der Waals surface area contributed by atoms with Gasteiger partial charge in [0, 0.05) is 24.2 Å².